The smallest absolute Gasteiger partial charge is 0.293 e. The summed E-state index contributed by atoms with van der Waals surface area (Å²) in [5.41, 5.74) is 1.42. The molecule has 8 heteroatoms. The van der Waals surface area contributed by atoms with Crippen molar-refractivity contribution in [3.63, 3.8) is 0 Å². The molecular weight excluding hydrogens is 454 g/mol. The highest BCUT2D eigenvalue weighted by molar-refractivity contribution is 9.10. The molecule has 3 rings (SSSR count). The topological polar surface area (TPSA) is 66.8 Å². The quantitative estimate of drug-likeness (QED) is 0.609. The number of phenolic OH excluding ortho intramolecular Hbond substituents is 1. The Labute approximate surface area is 174 Å². The summed E-state index contributed by atoms with van der Waals surface area (Å²) in [5, 5.41) is 9.83. The first kappa shape index (κ1) is 19.8. The molecule has 0 unspecified atom stereocenters. The first-order chi connectivity index (χ1) is 12.8. The predicted octanol–water partition coefficient (Wildman–Crippen LogP) is 5.23. The lowest BCUT2D eigenvalue weighted by atomic mass is 10.2. The number of phenols is 1. The zero-order chi connectivity index (χ0) is 19.6. The molecule has 5 nitrogen and oxygen atoms in total. The highest BCUT2D eigenvalue weighted by Crippen LogP contribution is 2.37. The third-order valence-corrected chi connectivity index (χ3v) is 5.44. The van der Waals surface area contributed by atoms with Crippen molar-refractivity contribution in [2.45, 2.75) is 6.92 Å². The Hall–Kier alpha value is -1.96. The number of ether oxygens (including phenoxy) is 1. The van der Waals surface area contributed by atoms with Crippen LogP contribution in [0.2, 0.25) is 5.02 Å². The highest BCUT2D eigenvalue weighted by atomic mass is 79.9. The lowest BCUT2D eigenvalue weighted by molar-refractivity contribution is -0.123. The van der Waals surface area contributed by atoms with Gasteiger partial charge in [0.25, 0.3) is 11.1 Å². The molecule has 2 amide bonds. The van der Waals surface area contributed by atoms with Crippen LogP contribution in [0.15, 0.2) is 45.8 Å². The molecule has 0 atom stereocenters. The van der Waals surface area contributed by atoms with Gasteiger partial charge in [-0.05, 0) is 54.6 Å². The molecule has 27 heavy (non-hydrogen) atoms. The Kier molecular flexibility index (Phi) is 6.14. The minimum Gasteiger partial charge on any atom is -0.506 e. The molecule has 1 saturated heterocycles. The van der Waals surface area contributed by atoms with E-state index in [4.69, 9.17) is 16.3 Å². The van der Waals surface area contributed by atoms with Crippen molar-refractivity contribution in [1.29, 1.82) is 0 Å². The number of nitrogens with zero attached hydrogens (tertiary/aromatic N) is 1. The second-order valence-electron chi connectivity index (χ2n) is 5.82. The summed E-state index contributed by atoms with van der Waals surface area (Å²) in [4.78, 5) is 26.1. The number of amides is 2. The van der Waals surface area contributed by atoms with E-state index in [1.807, 2.05) is 31.2 Å². The first-order valence-corrected chi connectivity index (χ1v) is 9.97. The minimum absolute atomic E-state index is 0.140. The molecule has 2 aromatic rings. The summed E-state index contributed by atoms with van der Waals surface area (Å²) in [7, 11) is 0. The van der Waals surface area contributed by atoms with Crippen LogP contribution >= 0.6 is 39.3 Å². The zero-order valence-electron chi connectivity index (χ0n) is 14.2. The molecule has 0 bridgehead atoms. The van der Waals surface area contributed by atoms with Gasteiger partial charge in [-0.3, -0.25) is 14.5 Å². The van der Waals surface area contributed by atoms with Crippen LogP contribution in [-0.4, -0.2) is 34.3 Å². The Morgan fingerprint density at radius 1 is 1.30 bits per heavy atom. The number of carbonyl (C=O) groups is 2. The summed E-state index contributed by atoms with van der Waals surface area (Å²) >= 11 is 10.0. The molecule has 140 valence electrons. The van der Waals surface area contributed by atoms with E-state index in [1.165, 1.54) is 6.08 Å². The molecule has 1 N–H and O–H groups in total. The maximum atomic E-state index is 12.5. The normalized spacial score (nSPS) is 15.7. The monoisotopic (exact) mass is 467 g/mol. The van der Waals surface area contributed by atoms with Crippen LogP contribution in [-0.2, 0) is 4.79 Å². The Morgan fingerprint density at radius 3 is 2.81 bits per heavy atom. The Bertz CT molecular complexity index is 947. The minimum atomic E-state index is -0.423. The number of hydrogen-bond donors (Lipinski definition) is 1. The van der Waals surface area contributed by atoms with Crippen molar-refractivity contribution in [1.82, 2.24) is 4.90 Å². The third-order valence-electron chi connectivity index (χ3n) is 3.79. The molecular formula is C19H15BrClNO4S. The molecule has 1 heterocycles. The van der Waals surface area contributed by atoms with Crippen molar-refractivity contribution in [3.05, 3.63) is 61.9 Å². The van der Waals surface area contributed by atoms with Gasteiger partial charge in [0.15, 0.2) is 0 Å². The number of aromatic hydroxyl groups is 1. The van der Waals surface area contributed by atoms with Gasteiger partial charge in [0.2, 0.25) is 0 Å². The van der Waals surface area contributed by atoms with Gasteiger partial charge in [0.1, 0.15) is 18.1 Å². The van der Waals surface area contributed by atoms with Gasteiger partial charge in [-0.2, -0.15) is 0 Å². The van der Waals surface area contributed by atoms with E-state index in [0.29, 0.717) is 15.8 Å². The van der Waals surface area contributed by atoms with Gasteiger partial charge in [-0.25, -0.2) is 0 Å². The van der Waals surface area contributed by atoms with Gasteiger partial charge in [0.05, 0.1) is 16.5 Å². The van der Waals surface area contributed by atoms with Gasteiger partial charge < -0.3 is 9.84 Å². The van der Waals surface area contributed by atoms with E-state index < -0.39 is 5.91 Å². The maximum Gasteiger partial charge on any atom is 0.293 e. The molecule has 0 saturated carbocycles. The van der Waals surface area contributed by atoms with E-state index in [9.17, 15) is 14.7 Å². The summed E-state index contributed by atoms with van der Waals surface area (Å²) in [6, 6.07) is 10.7. The van der Waals surface area contributed by atoms with Crippen LogP contribution in [0.5, 0.6) is 11.5 Å². The lowest BCUT2D eigenvalue weighted by Crippen LogP contribution is -2.32. The molecule has 0 aliphatic carbocycles. The largest absolute Gasteiger partial charge is 0.506 e. The fourth-order valence-corrected chi connectivity index (χ4v) is 4.18. The number of benzene rings is 2. The third kappa shape index (κ3) is 4.66. The van der Waals surface area contributed by atoms with Crippen molar-refractivity contribution >= 4 is 56.5 Å². The summed E-state index contributed by atoms with van der Waals surface area (Å²) in [6.07, 6.45) is 1.46. The second kappa shape index (κ2) is 8.37. The van der Waals surface area contributed by atoms with Crippen LogP contribution in [0.4, 0.5) is 4.79 Å². The zero-order valence-corrected chi connectivity index (χ0v) is 17.4. The molecule has 1 aliphatic rings. The van der Waals surface area contributed by atoms with E-state index in [0.717, 1.165) is 22.2 Å². The maximum absolute atomic E-state index is 12.5. The van der Waals surface area contributed by atoms with Gasteiger partial charge >= 0.3 is 0 Å². The summed E-state index contributed by atoms with van der Waals surface area (Å²) < 4.78 is 6.27. The number of thioether (sulfide) groups is 1. The lowest BCUT2D eigenvalue weighted by Gasteiger charge is -2.13. The van der Waals surface area contributed by atoms with Crippen molar-refractivity contribution < 1.29 is 19.4 Å². The second-order valence-corrected chi connectivity index (χ2v) is 8.14. The molecule has 1 fully saturated rings. The average Bonchev–Trinajstić information content (AvgIpc) is 2.86. The van der Waals surface area contributed by atoms with Gasteiger partial charge in [-0.1, -0.05) is 39.7 Å². The SMILES string of the molecule is Cc1cccc(OCCN2C(=O)S/C(=C\c3cc(Br)cc(Cl)c3O)C2=O)c1. The van der Waals surface area contributed by atoms with Crippen LogP contribution in [0.25, 0.3) is 6.08 Å². The summed E-state index contributed by atoms with van der Waals surface area (Å²) in [6.45, 7) is 2.29. The predicted molar refractivity (Wildman–Crippen MR) is 110 cm³/mol. The number of hydrogen-bond acceptors (Lipinski definition) is 5. The van der Waals surface area contributed by atoms with E-state index in [-0.39, 0.29) is 34.1 Å². The van der Waals surface area contributed by atoms with Crippen LogP contribution in [0, 0.1) is 6.92 Å². The number of imide groups is 1. The standard InChI is InChI=1S/C19H15BrClNO4S/c1-11-3-2-4-14(7-11)26-6-5-22-18(24)16(27-19(22)25)9-12-8-13(20)10-15(21)17(12)23/h2-4,7-10,23H,5-6H2,1H3/b16-9-. The van der Waals surface area contributed by atoms with Gasteiger partial charge in [-0.15, -0.1) is 0 Å². The average molecular weight is 469 g/mol. The molecule has 0 aromatic heterocycles. The Balaban J connectivity index is 1.70. The first-order valence-electron chi connectivity index (χ1n) is 7.98. The van der Waals surface area contributed by atoms with E-state index in [2.05, 4.69) is 15.9 Å². The fourth-order valence-electron chi connectivity index (χ4n) is 2.49. The number of rotatable bonds is 5. The number of carbonyl (C=O) groups excluding carboxylic acids is 2. The van der Waals surface area contributed by atoms with Gasteiger partial charge in [0, 0.05) is 10.0 Å². The van der Waals surface area contributed by atoms with Crippen molar-refractivity contribution in [3.8, 4) is 11.5 Å². The van der Waals surface area contributed by atoms with E-state index >= 15 is 0 Å². The molecule has 0 spiro atoms. The van der Waals surface area contributed by atoms with Crippen molar-refractivity contribution in [2.75, 3.05) is 13.2 Å². The van der Waals surface area contributed by atoms with Crippen LogP contribution < -0.4 is 4.74 Å². The van der Waals surface area contributed by atoms with E-state index in [1.54, 1.807) is 12.1 Å². The number of aryl methyl sites for hydroxylation is 1. The van der Waals surface area contributed by atoms with Crippen molar-refractivity contribution in [2.24, 2.45) is 0 Å². The van der Waals surface area contributed by atoms with Crippen LogP contribution in [0.1, 0.15) is 11.1 Å². The van der Waals surface area contributed by atoms with Crippen LogP contribution in [0.3, 0.4) is 0 Å². The summed E-state index contributed by atoms with van der Waals surface area (Å²) in [5.74, 6) is 0.119. The fraction of sp³-hybridized carbons (Fsp3) is 0.158. The number of halogens is 2. The molecule has 0 radical (unpaired) electrons. The highest BCUT2D eigenvalue weighted by Gasteiger charge is 2.35. The molecule has 2 aromatic carbocycles. The molecule has 1 aliphatic heterocycles. The Morgan fingerprint density at radius 2 is 2.07 bits per heavy atom.